The second kappa shape index (κ2) is 4.56. The minimum Gasteiger partial charge on any atom is -0.340 e. The van der Waals surface area contributed by atoms with Crippen molar-refractivity contribution in [3.63, 3.8) is 0 Å². The minimum atomic E-state index is -0.758. The Morgan fingerprint density at radius 3 is 2.44 bits per heavy atom. The van der Waals surface area contributed by atoms with E-state index >= 15 is 0 Å². The van der Waals surface area contributed by atoms with Gasteiger partial charge in [0.05, 0.1) is 0 Å². The van der Waals surface area contributed by atoms with Gasteiger partial charge in [0, 0.05) is 6.54 Å². The summed E-state index contributed by atoms with van der Waals surface area (Å²) < 4.78 is 0. The fraction of sp³-hybridized carbons (Fsp3) is 0.857. The van der Waals surface area contributed by atoms with E-state index in [9.17, 15) is 9.59 Å². The second-order valence-corrected chi connectivity index (χ2v) is 6.53. The summed E-state index contributed by atoms with van der Waals surface area (Å²) in [6.45, 7) is 8.30. The summed E-state index contributed by atoms with van der Waals surface area (Å²) >= 11 is 0. The normalized spacial score (nSPS) is 27.6. The highest BCUT2D eigenvalue weighted by atomic mass is 16.2. The van der Waals surface area contributed by atoms with E-state index in [1.807, 2.05) is 18.7 Å². The Bertz CT molecular complexity index is 359. The maximum absolute atomic E-state index is 12.5. The van der Waals surface area contributed by atoms with Gasteiger partial charge in [0.2, 0.25) is 11.8 Å². The molecule has 0 aromatic heterocycles. The molecule has 1 atom stereocenters. The summed E-state index contributed by atoms with van der Waals surface area (Å²) in [5, 5.41) is 2.84. The first-order valence-electron chi connectivity index (χ1n) is 6.96. The third kappa shape index (κ3) is 2.52. The largest absolute Gasteiger partial charge is 0.340 e. The zero-order valence-corrected chi connectivity index (χ0v) is 11.8. The first-order valence-corrected chi connectivity index (χ1v) is 6.96. The Morgan fingerprint density at radius 1 is 1.33 bits per heavy atom. The Morgan fingerprint density at radius 2 is 1.94 bits per heavy atom. The molecule has 0 aromatic rings. The average Bonchev–Trinajstić information content (AvgIpc) is 3.03. The molecule has 102 valence electrons. The number of hydrogen-bond acceptors (Lipinski definition) is 2. The van der Waals surface area contributed by atoms with Crippen LogP contribution in [-0.2, 0) is 9.59 Å². The molecule has 0 spiro atoms. The van der Waals surface area contributed by atoms with E-state index in [0.717, 1.165) is 18.9 Å². The molecule has 2 amide bonds. The molecule has 1 aliphatic carbocycles. The zero-order chi connectivity index (χ0) is 13.5. The van der Waals surface area contributed by atoms with Gasteiger partial charge in [0.15, 0.2) is 0 Å². The van der Waals surface area contributed by atoms with Crippen LogP contribution in [0.4, 0.5) is 0 Å². The van der Waals surface area contributed by atoms with Gasteiger partial charge in [0.25, 0.3) is 0 Å². The molecule has 1 saturated carbocycles. The van der Waals surface area contributed by atoms with Gasteiger partial charge in [-0.3, -0.25) is 9.59 Å². The van der Waals surface area contributed by atoms with Gasteiger partial charge in [-0.2, -0.15) is 0 Å². The van der Waals surface area contributed by atoms with E-state index in [1.54, 1.807) is 13.8 Å². The molecule has 2 fully saturated rings. The number of carbonyl (C=O) groups excluding carboxylic acids is 2. The van der Waals surface area contributed by atoms with Gasteiger partial charge in [-0.15, -0.1) is 0 Å². The summed E-state index contributed by atoms with van der Waals surface area (Å²) in [4.78, 5) is 26.4. The van der Waals surface area contributed by atoms with Crippen molar-refractivity contribution in [2.75, 3.05) is 6.54 Å². The fourth-order valence-electron chi connectivity index (χ4n) is 2.69. The molecule has 4 heteroatoms. The molecule has 18 heavy (non-hydrogen) atoms. The zero-order valence-electron chi connectivity index (χ0n) is 11.8. The Hall–Kier alpha value is -1.06. The van der Waals surface area contributed by atoms with Crippen molar-refractivity contribution < 1.29 is 9.59 Å². The van der Waals surface area contributed by atoms with Crippen LogP contribution < -0.4 is 5.32 Å². The van der Waals surface area contributed by atoms with Crippen LogP contribution in [0, 0.1) is 11.8 Å². The third-order valence-corrected chi connectivity index (χ3v) is 3.94. The van der Waals surface area contributed by atoms with E-state index < -0.39 is 5.54 Å². The van der Waals surface area contributed by atoms with Crippen LogP contribution in [0.2, 0.25) is 0 Å². The van der Waals surface area contributed by atoms with E-state index in [0.29, 0.717) is 0 Å². The first kappa shape index (κ1) is 13.4. The van der Waals surface area contributed by atoms with Crippen LogP contribution in [0.25, 0.3) is 0 Å². The van der Waals surface area contributed by atoms with Crippen LogP contribution in [0.15, 0.2) is 0 Å². The smallest absolute Gasteiger partial charge is 0.248 e. The van der Waals surface area contributed by atoms with Crippen molar-refractivity contribution in [2.24, 2.45) is 11.8 Å². The lowest BCUT2D eigenvalue weighted by molar-refractivity contribution is -0.155. The molecule has 1 saturated heterocycles. The standard InChI is InChI=1S/C14H24N2O2/c1-9(2)11-12(17)15-14(3,4)13(18)16(11)8-7-10-5-6-10/h9-11H,5-8H2,1-4H3,(H,15,17). The number of carbonyl (C=O) groups is 2. The highest BCUT2D eigenvalue weighted by molar-refractivity contribution is 5.99. The van der Waals surface area contributed by atoms with Gasteiger partial charge in [-0.25, -0.2) is 0 Å². The minimum absolute atomic E-state index is 0.00889. The lowest BCUT2D eigenvalue weighted by Crippen LogP contribution is -2.69. The number of rotatable bonds is 4. The maximum atomic E-state index is 12.5. The van der Waals surface area contributed by atoms with Crippen molar-refractivity contribution in [1.29, 1.82) is 0 Å². The van der Waals surface area contributed by atoms with Crippen molar-refractivity contribution in [3.8, 4) is 0 Å². The second-order valence-electron chi connectivity index (χ2n) is 6.53. The van der Waals surface area contributed by atoms with Crippen LogP contribution in [0.1, 0.15) is 47.0 Å². The van der Waals surface area contributed by atoms with Crippen molar-refractivity contribution >= 4 is 11.8 Å². The Balaban J connectivity index is 2.15. The van der Waals surface area contributed by atoms with Gasteiger partial charge in [0.1, 0.15) is 11.6 Å². The van der Waals surface area contributed by atoms with Crippen LogP contribution >= 0.6 is 0 Å². The highest BCUT2D eigenvalue weighted by Gasteiger charge is 2.46. The molecule has 1 heterocycles. The average molecular weight is 252 g/mol. The highest BCUT2D eigenvalue weighted by Crippen LogP contribution is 2.33. The predicted molar refractivity (Wildman–Crippen MR) is 69.9 cm³/mol. The van der Waals surface area contributed by atoms with Crippen molar-refractivity contribution in [2.45, 2.75) is 58.5 Å². The lowest BCUT2D eigenvalue weighted by atomic mass is 9.91. The molecular formula is C14H24N2O2. The number of nitrogens with one attached hydrogen (secondary N) is 1. The summed E-state index contributed by atoms with van der Waals surface area (Å²) in [6.07, 6.45) is 3.60. The van der Waals surface area contributed by atoms with Gasteiger partial charge in [-0.05, 0) is 32.1 Å². The number of nitrogens with zero attached hydrogens (tertiary/aromatic N) is 1. The Labute approximate surface area is 109 Å². The van der Waals surface area contributed by atoms with Gasteiger partial charge in [-0.1, -0.05) is 26.7 Å². The Kier molecular flexibility index (Phi) is 3.39. The molecule has 2 aliphatic rings. The summed E-state index contributed by atoms with van der Waals surface area (Å²) in [5.74, 6) is 0.981. The van der Waals surface area contributed by atoms with Gasteiger partial charge >= 0.3 is 0 Å². The monoisotopic (exact) mass is 252 g/mol. The molecule has 1 unspecified atom stereocenters. The van der Waals surface area contributed by atoms with E-state index in [-0.39, 0.29) is 23.8 Å². The quantitative estimate of drug-likeness (QED) is 0.825. The fourth-order valence-corrected chi connectivity index (χ4v) is 2.69. The molecule has 1 aliphatic heterocycles. The van der Waals surface area contributed by atoms with E-state index in [4.69, 9.17) is 0 Å². The third-order valence-electron chi connectivity index (χ3n) is 3.94. The van der Waals surface area contributed by atoms with Crippen LogP contribution in [0.3, 0.4) is 0 Å². The predicted octanol–water partition coefficient (Wildman–Crippen LogP) is 1.55. The van der Waals surface area contributed by atoms with E-state index in [2.05, 4.69) is 5.32 Å². The number of amides is 2. The molecule has 0 radical (unpaired) electrons. The maximum Gasteiger partial charge on any atom is 0.248 e. The molecule has 2 rings (SSSR count). The van der Waals surface area contributed by atoms with Crippen LogP contribution in [-0.4, -0.2) is 34.8 Å². The molecule has 1 N–H and O–H groups in total. The van der Waals surface area contributed by atoms with Gasteiger partial charge < -0.3 is 10.2 Å². The van der Waals surface area contributed by atoms with Crippen molar-refractivity contribution in [1.82, 2.24) is 10.2 Å². The SMILES string of the molecule is CC(C)C1C(=O)NC(C)(C)C(=O)N1CCC1CC1. The topological polar surface area (TPSA) is 49.4 Å². The lowest BCUT2D eigenvalue weighted by Gasteiger charge is -2.44. The first-order chi connectivity index (χ1) is 8.33. The molecule has 0 bridgehead atoms. The number of piperazine rings is 1. The van der Waals surface area contributed by atoms with Crippen molar-refractivity contribution in [3.05, 3.63) is 0 Å². The summed E-state index contributed by atoms with van der Waals surface area (Å²) in [5.41, 5.74) is -0.758. The molecular weight excluding hydrogens is 228 g/mol. The number of hydrogen-bond donors (Lipinski definition) is 1. The summed E-state index contributed by atoms with van der Waals surface area (Å²) in [6, 6.07) is -0.302. The van der Waals surface area contributed by atoms with Crippen LogP contribution in [0.5, 0.6) is 0 Å². The molecule has 0 aromatic carbocycles. The molecule has 4 nitrogen and oxygen atoms in total. The summed E-state index contributed by atoms with van der Waals surface area (Å²) in [7, 11) is 0. The van der Waals surface area contributed by atoms with E-state index in [1.165, 1.54) is 12.8 Å².